The van der Waals surface area contributed by atoms with Gasteiger partial charge in [-0.1, -0.05) is 6.07 Å². The summed E-state index contributed by atoms with van der Waals surface area (Å²) >= 11 is 0. The second-order valence-electron chi connectivity index (χ2n) is 6.89. The number of aryl methyl sites for hydroxylation is 1. The fourth-order valence-corrected chi connectivity index (χ4v) is 3.33. The maximum Gasteiger partial charge on any atom is 0.244 e. The van der Waals surface area contributed by atoms with Gasteiger partial charge in [0.05, 0.1) is 13.2 Å². The molecule has 0 unspecified atom stereocenters. The molecule has 138 valence electrons. The second-order valence-corrected chi connectivity index (χ2v) is 6.89. The lowest BCUT2D eigenvalue weighted by atomic mass is 10.1. The SMILES string of the molecule is COc1ccc([C@@H](C)NC(=O)/C=C/c2cc(C)n(C3CC3)c2C)cc1F. The van der Waals surface area contributed by atoms with Gasteiger partial charge in [0.1, 0.15) is 0 Å². The second kappa shape index (κ2) is 7.36. The van der Waals surface area contributed by atoms with Gasteiger partial charge in [0.15, 0.2) is 11.6 Å². The van der Waals surface area contributed by atoms with Crippen LogP contribution in [0.2, 0.25) is 0 Å². The lowest BCUT2D eigenvalue weighted by molar-refractivity contribution is -0.117. The molecule has 5 heteroatoms. The summed E-state index contributed by atoms with van der Waals surface area (Å²) in [4.78, 5) is 12.2. The van der Waals surface area contributed by atoms with Crippen molar-refractivity contribution >= 4 is 12.0 Å². The van der Waals surface area contributed by atoms with Crippen LogP contribution in [-0.4, -0.2) is 17.6 Å². The van der Waals surface area contributed by atoms with Crippen molar-refractivity contribution in [2.75, 3.05) is 7.11 Å². The van der Waals surface area contributed by atoms with Crippen LogP contribution in [0.3, 0.4) is 0 Å². The van der Waals surface area contributed by atoms with Crippen molar-refractivity contribution in [1.29, 1.82) is 0 Å². The Morgan fingerprint density at radius 1 is 1.35 bits per heavy atom. The fourth-order valence-electron chi connectivity index (χ4n) is 3.33. The van der Waals surface area contributed by atoms with E-state index in [9.17, 15) is 9.18 Å². The lowest BCUT2D eigenvalue weighted by Crippen LogP contribution is -2.24. The standard InChI is InChI=1S/C21H25FN2O2/c1-13-11-17(15(3)24(13)18-7-8-18)6-10-21(25)23-14(2)16-5-9-20(26-4)19(22)12-16/h5-6,9-12,14,18H,7-8H2,1-4H3,(H,23,25)/b10-6+/t14-/m1/s1. The van der Waals surface area contributed by atoms with Gasteiger partial charge in [-0.05, 0) is 69.0 Å². The highest BCUT2D eigenvalue weighted by Crippen LogP contribution is 2.38. The van der Waals surface area contributed by atoms with E-state index in [0.717, 1.165) is 5.56 Å². The first kappa shape index (κ1) is 18.2. The summed E-state index contributed by atoms with van der Waals surface area (Å²) in [5.74, 6) is -0.447. The summed E-state index contributed by atoms with van der Waals surface area (Å²) in [7, 11) is 1.42. The van der Waals surface area contributed by atoms with E-state index in [0.29, 0.717) is 11.6 Å². The molecule has 0 aliphatic heterocycles. The Hall–Kier alpha value is -2.56. The van der Waals surface area contributed by atoms with E-state index in [2.05, 4.69) is 29.8 Å². The maximum absolute atomic E-state index is 13.8. The van der Waals surface area contributed by atoms with Gasteiger partial charge in [-0.15, -0.1) is 0 Å². The molecule has 3 rings (SSSR count). The molecule has 4 nitrogen and oxygen atoms in total. The van der Waals surface area contributed by atoms with E-state index >= 15 is 0 Å². The number of nitrogens with one attached hydrogen (secondary N) is 1. The Kier molecular flexibility index (Phi) is 5.16. The predicted octanol–water partition coefficient (Wildman–Crippen LogP) is 4.48. The average molecular weight is 356 g/mol. The highest BCUT2D eigenvalue weighted by atomic mass is 19.1. The smallest absolute Gasteiger partial charge is 0.244 e. The van der Waals surface area contributed by atoms with Crippen LogP contribution in [-0.2, 0) is 4.79 Å². The molecule has 0 spiro atoms. The van der Waals surface area contributed by atoms with Crippen molar-refractivity contribution < 1.29 is 13.9 Å². The number of nitrogens with zero attached hydrogens (tertiary/aromatic N) is 1. The number of hydrogen-bond acceptors (Lipinski definition) is 2. The average Bonchev–Trinajstić information content (AvgIpc) is 3.38. The molecule has 0 bridgehead atoms. The number of carbonyl (C=O) groups excluding carboxylic acids is 1. The molecular weight excluding hydrogens is 331 g/mol. The quantitative estimate of drug-likeness (QED) is 0.776. The first-order valence-electron chi connectivity index (χ1n) is 8.91. The first-order valence-corrected chi connectivity index (χ1v) is 8.91. The van der Waals surface area contributed by atoms with Crippen LogP contribution in [0.15, 0.2) is 30.3 Å². The van der Waals surface area contributed by atoms with Gasteiger partial charge in [0, 0.05) is 23.5 Å². The molecule has 1 saturated carbocycles. The zero-order valence-corrected chi connectivity index (χ0v) is 15.7. The van der Waals surface area contributed by atoms with Crippen LogP contribution < -0.4 is 10.1 Å². The van der Waals surface area contributed by atoms with Crippen LogP contribution in [0.5, 0.6) is 5.75 Å². The number of rotatable bonds is 6. The van der Waals surface area contributed by atoms with E-state index in [1.54, 1.807) is 12.1 Å². The van der Waals surface area contributed by atoms with Crippen LogP contribution in [0, 0.1) is 19.7 Å². The lowest BCUT2D eigenvalue weighted by Gasteiger charge is -2.14. The molecule has 1 fully saturated rings. The number of benzene rings is 1. The summed E-state index contributed by atoms with van der Waals surface area (Å²) in [6, 6.07) is 7.13. The van der Waals surface area contributed by atoms with Crippen molar-refractivity contribution in [2.24, 2.45) is 0 Å². The van der Waals surface area contributed by atoms with E-state index in [1.165, 1.54) is 43.5 Å². The summed E-state index contributed by atoms with van der Waals surface area (Å²) in [5, 5.41) is 2.87. The Bertz CT molecular complexity index is 850. The molecule has 0 saturated heterocycles. The highest BCUT2D eigenvalue weighted by molar-refractivity contribution is 5.92. The largest absolute Gasteiger partial charge is 0.494 e. The van der Waals surface area contributed by atoms with Crippen molar-refractivity contribution in [1.82, 2.24) is 9.88 Å². The Morgan fingerprint density at radius 3 is 2.69 bits per heavy atom. The van der Waals surface area contributed by atoms with Gasteiger partial charge in [-0.25, -0.2) is 4.39 Å². The summed E-state index contributed by atoms with van der Waals surface area (Å²) in [5.41, 5.74) is 4.18. The van der Waals surface area contributed by atoms with E-state index in [-0.39, 0.29) is 17.7 Å². The third kappa shape index (κ3) is 3.82. The maximum atomic E-state index is 13.8. The van der Waals surface area contributed by atoms with E-state index < -0.39 is 5.82 Å². The third-order valence-corrected chi connectivity index (χ3v) is 4.88. The number of aromatic nitrogens is 1. The predicted molar refractivity (Wildman–Crippen MR) is 101 cm³/mol. The zero-order valence-electron chi connectivity index (χ0n) is 15.7. The minimum atomic E-state index is -0.436. The van der Waals surface area contributed by atoms with Gasteiger partial charge in [0.2, 0.25) is 5.91 Å². The molecule has 1 aromatic carbocycles. The Labute approximate surface area is 153 Å². The number of halogens is 1. The molecule has 1 amide bonds. The van der Waals surface area contributed by atoms with Gasteiger partial charge in [-0.3, -0.25) is 4.79 Å². The van der Waals surface area contributed by atoms with Gasteiger partial charge >= 0.3 is 0 Å². The monoisotopic (exact) mass is 356 g/mol. The molecular formula is C21H25FN2O2. The molecule has 1 N–H and O–H groups in total. The van der Waals surface area contributed by atoms with Crippen molar-refractivity contribution in [2.45, 2.75) is 45.7 Å². The molecule has 1 atom stereocenters. The van der Waals surface area contributed by atoms with E-state index in [1.807, 2.05) is 13.0 Å². The number of methoxy groups -OCH3 is 1. The summed E-state index contributed by atoms with van der Waals surface area (Å²) in [6.07, 6.45) is 5.85. The fraction of sp³-hybridized carbons (Fsp3) is 0.381. The van der Waals surface area contributed by atoms with Crippen LogP contribution in [0.1, 0.15) is 54.4 Å². The van der Waals surface area contributed by atoms with Crippen molar-refractivity contribution in [3.63, 3.8) is 0 Å². The normalized spacial score (nSPS) is 15.3. The Morgan fingerprint density at radius 2 is 2.08 bits per heavy atom. The molecule has 2 aromatic rings. The zero-order chi connectivity index (χ0) is 18.8. The van der Waals surface area contributed by atoms with Gasteiger partial charge < -0.3 is 14.6 Å². The molecule has 1 aliphatic rings. The minimum absolute atomic E-state index is 0.193. The van der Waals surface area contributed by atoms with Crippen molar-refractivity contribution in [3.05, 3.63) is 58.7 Å². The summed E-state index contributed by atoms with van der Waals surface area (Å²) in [6.45, 7) is 6.01. The number of carbonyl (C=O) groups is 1. The van der Waals surface area contributed by atoms with Gasteiger partial charge in [-0.2, -0.15) is 0 Å². The van der Waals surface area contributed by atoms with Crippen LogP contribution >= 0.6 is 0 Å². The summed E-state index contributed by atoms with van der Waals surface area (Å²) < 4.78 is 21.1. The molecule has 0 radical (unpaired) electrons. The highest BCUT2D eigenvalue weighted by Gasteiger charge is 2.26. The molecule has 26 heavy (non-hydrogen) atoms. The molecule has 1 aromatic heterocycles. The van der Waals surface area contributed by atoms with Crippen LogP contribution in [0.4, 0.5) is 4.39 Å². The molecule has 1 heterocycles. The van der Waals surface area contributed by atoms with Crippen LogP contribution in [0.25, 0.3) is 6.08 Å². The topological polar surface area (TPSA) is 43.3 Å². The minimum Gasteiger partial charge on any atom is -0.494 e. The number of hydrogen-bond donors (Lipinski definition) is 1. The third-order valence-electron chi connectivity index (χ3n) is 4.88. The Balaban J connectivity index is 1.66. The molecule has 1 aliphatic carbocycles. The number of ether oxygens (including phenoxy) is 1. The number of amides is 1. The van der Waals surface area contributed by atoms with E-state index in [4.69, 9.17) is 4.74 Å². The first-order chi connectivity index (χ1) is 12.4. The van der Waals surface area contributed by atoms with Crippen molar-refractivity contribution in [3.8, 4) is 5.75 Å². The van der Waals surface area contributed by atoms with Gasteiger partial charge in [0.25, 0.3) is 0 Å².